The molecular formula is C15H12N2. The summed E-state index contributed by atoms with van der Waals surface area (Å²) in [6.07, 6.45) is 21.3. The first-order chi connectivity index (χ1) is 8.45. The van der Waals surface area contributed by atoms with E-state index in [1.165, 1.54) is 22.4 Å². The molecule has 0 saturated heterocycles. The summed E-state index contributed by atoms with van der Waals surface area (Å²) in [7, 11) is 0. The van der Waals surface area contributed by atoms with Crippen LogP contribution in [0.2, 0.25) is 0 Å². The van der Waals surface area contributed by atoms with E-state index in [1.54, 1.807) is 0 Å². The van der Waals surface area contributed by atoms with Gasteiger partial charge in [0.05, 0.1) is 11.7 Å². The number of rotatable bonds is 0. The van der Waals surface area contributed by atoms with E-state index in [9.17, 15) is 0 Å². The summed E-state index contributed by atoms with van der Waals surface area (Å²) >= 11 is 0. The molecule has 4 aliphatic rings. The molecule has 1 aliphatic carbocycles. The van der Waals surface area contributed by atoms with Gasteiger partial charge in [0.2, 0.25) is 0 Å². The van der Waals surface area contributed by atoms with Crippen LogP contribution in [0.25, 0.3) is 0 Å². The van der Waals surface area contributed by atoms with Gasteiger partial charge in [-0.05, 0) is 29.4 Å². The Balaban J connectivity index is 1.97. The number of nitrogens with zero attached hydrogens (tertiary/aromatic N) is 1. The Morgan fingerprint density at radius 2 is 1.94 bits per heavy atom. The zero-order valence-electron chi connectivity index (χ0n) is 9.30. The van der Waals surface area contributed by atoms with Gasteiger partial charge in [-0.25, -0.2) is 0 Å². The summed E-state index contributed by atoms with van der Waals surface area (Å²) in [4.78, 5) is 2.34. The third-order valence-electron chi connectivity index (χ3n) is 3.54. The first-order valence-electron chi connectivity index (χ1n) is 5.84. The Hall–Kier alpha value is -2.22. The molecule has 0 aromatic rings. The van der Waals surface area contributed by atoms with Crippen molar-refractivity contribution in [1.82, 2.24) is 10.2 Å². The van der Waals surface area contributed by atoms with Crippen molar-refractivity contribution in [2.45, 2.75) is 6.04 Å². The Bertz CT molecular complexity index is 594. The fourth-order valence-electron chi connectivity index (χ4n) is 2.83. The number of hydrogen-bond acceptors (Lipinski definition) is 2. The molecule has 0 saturated carbocycles. The van der Waals surface area contributed by atoms with Crippen molar-refractivity contribution in [3.05, 3.63) is 83.5 Å². The number of hydrogen-bond donors (Lipinski definition) is 1. The maximum atomic E-state index is 3.13. The zero-order valence-corrected chi connectivity index (χ0v) is 9.30. The maximum Gasteiger partial charge on any atom is 0.0845 e. The first kappa shape index (κ1) is 8.88. The van der Waals surface area contributed by atoms with Crippen LogP contribution in [-0.2, 0) is 0 Å². The average molecular weight is 220 g/mol. The first-order valence-corrected chi connectivity index (χ1v) is 5.84. The van der Waals surface area contributed by atoms with Crippen LogP contribution in [0.4, 0.5) is 0 Å². The van der Waals surface area contributed by atoms with Gasteiger partial charge in [0.1, 0.15) is 0 Å². The van der Waals surface area contributed by atoms with Crippen LogP contribution < -0.4 is 5.32 Å². The van der Waals surface area contributed by atoms with E-state index in [0.717, 1.165) is 0 Å². The van der Waals surface area contributed by atoms with Crippen LogP contribution in [0.5, 0.6) is 0 Å². The van der Waals surface area contributed by atoms with Crippen LogP contribution in [0, 0.1) is 0 Å². The predicted molar refractivity (Wildman–Crippen MR) is 68.5 cm³/mol. The second kappa shape index (κ2) is 3.14. The van der Waals surface area contributed by atoms with Crippen LogP contribution in [-0.4, -0.2) is 10.9 Å². The molecule has 4 rings (SSSR count). The summed E-state index contributed by atoms with van der Waals surface area (Å²) in [5.41, 5.74) is 5.35. The van der Waals surface area contributed by atoms with E-state index in [-0.39, 0.29) is 0 Å². The lowest BCUT2D eigenvalue weighted by atomic mass is 9.90. The molecule has 1 unspecified atom stereocenters. The summed E-state index contributed by atoms with van der Waals surface area (Å²) in [6.45, 7) is 0. The number of allylic oxidation sites excluding steroid dienone is 6. The van der Waals surface area contributed by atoms with Gasteiger partial charge in [-0.15, -0.1) is 0 Å². The van der Waals surface area contributed by atoms with E-state index in [2.05, 4.69) is 58.9 Å². The molecule has 0 bridgehead atoms. The van der Waals surface area contributed by atoms with E-state index in [1.807, 2.05) is 12.4 Å². The van der Waals surface area contributed by atoms with Crippen molar-refractivity contribution < 1.29 is 0 Å². The highest BCUT2D eigenvalue weighted by molar-refractivity contribution is 5.64. The summed E-state index contributed by atoms with van der Waals surface area (Å²) < 4.78 is 0. The normalized spacial score (nSPS) is 27.3. The second-order valence-corrected chi connectivity index (χ2v) is 4.43. The Kier molecular flexibility index (Phi) is 1.64. The minimum Gasteiger partial charge on any atom is -0.368 e. The minimum atomic E-state index is 0.377. The molecule has 0 spiro atoms. The lowest BCUT2D eigenvalue weighted by Gasteiger charge is -2.30. The Labute approximate surface area is 100 Å². The minimum absolute atomic E-state index is 0.377. The zero-order chi connectivity index (χ0) is 11.2. The van der Waals surface area contributed by atoms with E-state index < -0.39 is 0 Å². The summed E-state index contributed by atoms with van der Waals surface area (Å²) in [5, 5.41) is 3.13. The molecule has 0 amide bonds. The average Bonchev–Trinajstić information content (AvgIpc) is 2.55. The molecule has 2 nitrogen and oxygen atoms in total. The van der Waals surface area contributed by atoms with E-state index >= 15 is 0 Å². The van der Waals surface area contributed by atoms with Crippen molar-refractivity contribution in [2.24, 2.45) is 0 Å². The van der Waals surface area contributed by atoms with Crippen molar-refractivity contribution in [1.29, 1.82) is 0 Å². The topological polar surface area (TPSA) is 15.3 Å². The maximum absolute atomic E-state index is 3.13. The third kappa shape index (κ3) is 1.10. The summed E-state index contributed by atoms with van der Waals surface area (Å²) in [6, 6.07) is 0.377. The van der Waals surface area contributed by atoms with Gasteiger partial charge in [0, 0.05) is 24.2 Å². The third-order valence-corrected chi connectivity index (χ3v) is 3.54. The van der Waals surface area contributed by atoms with Crippen molar-refractivity contribution in [2.75, 3.05) is 0 Å². The quantitative estimate of drug-likeness (QED) is 0.674. The molecule has 3 aliphatic heterocycles. The van der Waals surface area contributed by atoms with Crippen LogP contribution in [0.1, 0.15) is 0 Å². The number of nitrogens with one attached hydrogen (secondary N) is 1. The van der Waals surface area contributed by atoms with E-state index in [0.29, 0.717) is 6.04 Å². The Morgan fingerprint density at radius 1 is 1.00 bits per heavy atom. The van der Waals surface area contributed by atoms with Crippen LogP contribution >= 0.6 is 0 Å². The summed E-state index contributed by atoms with van der Waals surface area (Å²) in [5.74, 6) is 0. The fraction of sp³-hybridized carbons (Fsp3) is 0.0667. The molecule has 17 heavy (non-hydrogen) atoms. The highest BCUT2D eigenvalue weighted by Gasteiger charge is 2.36. The SMILES string of the molecule is C1=CC2=CC=CN3C4=C(C=CNC=C4)C(=C1)C23. The van der Waals surface area contributed by atoms with Crippen molar-refractivity contribution in [3.63, 3.8) is 0 Å². The second-order valence-electron chi connectivity index (χ2n) is 4.43. The van der Waals surface area contributed by atoms with Crippen LogP contribution in [0.3, 0.4) is 0 Å². The predicted octanol–water partition coefficient (Wildman–Crippen LogP) is 2.51. The molecule has 0 radical (unpaired) electrons. The van der Waals surface area contributed by atoms with Gasteiger partial charge in [-0.3, -0.25) is 0 Å². The molecule has 0 fully saturated rings. The molecule has 0 aromatic carbocycles. The lowest BCUT2D eigenvalue weighted by molar-refractivity contribution is 0.456. The molecule has 1 N–H and O–H groups in total. The fourth-order valence-corrected chi connectivity index (χ4v) is 2.83. The van der Waals surface area contributed by atoms with Gasteiger partial charge < -0.3 is 10.2 Å². The monoisotopic (exact) mass is 220 g/mol. The van der Waals surface area contributed by atoms with Gasteiger partial charge in [0.25, 0.3) is 0 Å². The molecule has 0 aromatic heterocycles. The molecule has 3 heterocycles. The smallest absolute Gasteiger partial charge is 0.0845 e. The van der Waals surface area contributed by atoms with Crippen molar-refractivity contribution in [3.8, 4) is 0 Å². The molecular weight excluding hydrogens is 208 g/mol. The highest BCUT2D eigenvalue weighted by Crippen LogP contribution is 2.42. The van der Waals surface area contributed by atoms with Gasteiger partial charge in [-0.1, -0.05) is 24.3 Å². The van der Waals surface area contributed by atoms with Crippen LogP contribution in [0.15, 0.2) is 83.5 Å². The van der Waals surface area contributed by atoms with Gasteiger partial charge in [-0.2, -0.15) is 0 Å². The molecule has 1 atom stereocenters. The van der Waals surface area contributed by atoms with E-state index in [4.69, 9.17) is 0 Å². The largest absolute Gasteiger partial charge is 0.368 e. The highest BCUT2D eigenvalue weighted by atomic mass is 15.2. The lowest BCUT2D eigenvalue weighted by Crippen LogP contribution is -2.30. The standard InChI is InChI=1S/C15H12N2/c1-3-11-4-2-10-17-14-7-9-16-8-6-12(14)13(5-1)15(11)17/h1-10,15-16H. The number of fused-ring (bicyclic) bond motifs is 2. The Morgan fingerprint density at radius 3 is 2.94 bits per heavy atom. The molecule has 2 heteroatoms. The van der Waals surface area contributed by atoms with Crippen molar-refractivity contribution >= 4 is 0 Å². The van der Waals surface area contributed by atoms with Gasteiger partial charge >= 0.3 is 0 Å². The molecule has 82 valence electrons. The van der Waals surface area contributed by atoms with Gasteiger partial charge in [0.15, 0.2) is 0 Å².